The molecule has 4 aromatic rings. The second-order valence-electron chi connectivity index (χ2n) is 10.6. The topological polar surface area (TPSA) is 0 Å². The summed E-state index contributed by atoms with van der Waals surface area (Å²) in [4.78, 5) is 6.16. The molecule has 0 aliphatic heterocycles. The first-order chi connectivity index (χ1) is 27.4. The second-order valence-corrected chi connectivity index (χ2v) is 13.7. The predicted octanol–water partition coefficient (Wildman–Crippen LogP) is 20.0. The molecule has 1 aromatic carbocycles. The molecule has 0 spiro atoms. The van der Waals surface area contributed by atoms with Gasteiger partial charge in [-0.25, -0.2) is 0 Å². The van der Waals surface area contributed by atoms with Gasteiger partial charge in [-0.2, -0.15) is 0 Å². The van der Waals surface area contributed by atoms with Gasteiger partial charge >= 0.3 is 0 Å². The van der Waals surface area contributed by atoms with Crippen molar-refractivity contribution in [2.45, 2.75) is 118 Å². The van der Waals surface area contributed by atoms with E-state index in [1.54, 1.807) is 0 Å². The van der Waals surface area contributed by atoms with Crippen LogP contribution in [-0.2, 0) is 0 Å². The number of hydrogen-bond donors (Lipinski definition) is 0. The van der Waals surface area contributed by atoms with E-state index < -0.39 is 0 Å². The summed E-state index contributed by atoms with van der Waals surface area (Å²) >= 11 is 5.50. The summed E-state index contributed by atoms with van der Waals surface area (Å²) < 4.78 is 1.30. The first kappa shape index (κ1) is 54.1. The molecule has 0 saturated carbocycles. The Hall–Kier alpha value is -4.02. The second kappa shape index (κ2) is 31.1. The van der Waals surface area contributed by atoms with Gasteiger partial charge < -0.3 is 0 Å². The maximum atomic E-state index is 4.31. The van der Waals surface area contributed by atoms with E-state index in [1.165, 1.54) is 73.4 Å². The number of allylic oxidation sites excluding steroid dienone is 10. The quantitative estimate of drug-likeness (QED) is 0.125. The van der Waals surface area contributed by atoms with Gasteiger partial charge in [-0.15, -0.1) is 34.0 Å². The first-order valence-electron chi connectivity index (χ1n) is 20.7. The summed E-state index contributed by atoms with van der Waals surface area (Å²) in [6.07, 6.45) is 29.9. The third-order valence-electron chi connectivity index (χ3n) is 7.92. The smallest absolute Gasteiger partial charge is 0.0434 e. The molecule has 0 radical (unpaired) electrons. The molecule has 0 saturated heterocycles. The van der Waals surface area contributed by atoms with E-state index in [2.05, 4.69) is 153 Å². The molecule has 0 atom stereocenters. The van der Waals surface area contributed by atoms with Crippen LogP contribution >= 0.6 is 34.0 Å². The maximum absolute atomic E-state index is 4.31. The molecular weight excluding hydrogens is 733 g/mol. The third-order valence-corrected chi connectivity index (χ3v) is 11.7. The largest absolute Gasteiger partial charge is 0.135 e. The van der Waals surface area contributed by atoms with Crippen LogP contribution in [0.5, 0.6) is 0 Å². The molecule has 56 heavy (non-hydrogen) atoms. The lowest BCUT2D eigenvalue weighted by molar-refractivity contribution is 1.49. The van der Waals surface area contributed by atoms with Crippen LogP contribution in [-0.4, -0.2) is 0 Å². The van der Waals surface area contributed by atoms with Gasteiger partial charge in [-0.1, -0.05) is 180 Å². The number of rotatable bonds is 12. The lowest BCUT2D eigenvalue weighted by Crippen LogP contribution is -1.91. The predicted molar refractivity (Wildman–Crippen MR) is 276 cm³/mol. The average molecular weight is 807 g/mol. The summed E-state index contributed by atoms with van der Waals surface area (Å²) in [5.74, 6) is 0. The van der Waals surface area contributed by atoms with E-state index in [4.69, 9.17) is 0 Å². The fraction of sp³-hybridized carbons (Fsp3) is 0.321. The zero-order chi connectivity index (χ0) is 43.4. The zero-order valence-corrected chi connectivity index (χ0v) is 40.6. The molecule has 0 N–H and O–H groups in total. The number of benzene rings is 1. The number of fused-ring (bicyclic) bond motifs is 1. The van der Waals surface area contributed by atoms with Crippen LogP contribution < -0.4 is 0 Å². The van der Waals surface area contributed by atoms with Crippen molar-refractivity contribution in [3.8, 4) is 0 Å². The monoisotopic (exact) mass is 806 g/mol. The van der Waals surface area contributed by atoms with Crippen molar-refractivity contribution in [1.82, 2.24) is 0 Å². The Morgan fingerprint density at radius 1 is 0.518 bits per heavy atom. The highest BCUT2D eigenvalue weighted by molar-refractivity contribution is 7.20. The summed E-state index contributed by atoms with van der Waals surface area (Å²) in [5.41, 5.74) is 10.8. The Kier molecular flexibility index (Phi) is 30.0. The summed E-state index contributed by atoms with van der Waals surface area (Å²) in [5, 5.41) is 1.28. The van der Waals surface area contributed by atoms with Gasteiger partial charge in [0.25, 0.3) is 0 Å². The molecule has 0 aliphatic rings. The molecule has 0 unspecified atom stereocenters. The first-order valence-corrected chi connectivity index (χ1v) is 23.1. The van der Waals surface area contributed by atoms with Crippen LogP contribution in [0.15, 0.2) is 86.5 Å². The Bertz CT molecular complexity index is 1990. The van der Waals surface area contributed by atoms with E-state index in [0.29, 0.717) is 0 Å². The van der Waals surface area contributed by atoms with Crippen LogP contribution in [0.25, 0.3) is 63.3 Å². The fourth-order valence-corrected chi connectivity index (χ4v) is 9.97. The Morgan fingerprint density at radius 3 is 1.50 bits per heavy atom. The van der Waals surface area contributed by atoms with Gasteiger partial charge in [-0.3, -0.25) is 0 Å². The molecular formula is C53H74S3. The normalized spacial score (nSPS) is 11.6. The van der Waals surface area contributed by atoms with Crippen molar-refractivity contribution in [3.05, 3.63) is 144 Å². The molecule has 3 heteroatoms. The minimum atomic E-state index is 1.11. The van der Waals surface area contributed by atoms with E-state index in [0.717, 1.165) is 11.1 Å². The van der Waals surface area contributed by atoms with E-state index in [-0.39, 0.29) is 0 Å². The molecule has 0 amide bonds. The molecule has 0 nitrogen and oxygen atoms in total. The highest BCUT2D eigenvalue weighted by atomic mass is 32.1. The van der Waals surface area contributed by atoms with Crippen molar-refractivity contribution < 1.29 is 0 Å². The van der Waals surface area contributed by atoms with Crippen molar-refractivity contribution in [3.63, 3.8) is 0 Å². The summed E-state index contributed by atoms with van der Waals surface area (Å²) in [7, 11) is 0. The standard InChI is InChI=1S/C43H44S3.5C2H6/c1-11-20-25-35(40-28(10)29(15-5)38(44-40)23-13-3)32(18-8)41-30(16-6)31(17-7)42(46-41)33(19-9)36-26-21-27-37-34(22-12-2)39(24-14-4)45-43(36)37;5*1-2/h11-27H,5-7H2,1-4,8-10H3;5*1-2H3/b20-11-,22-12-,23-13-,24-14-,32-18-,33-19-,35-25-;;;;;. The fourth-order valence-electron chi connectivity index (χ4n) is 5.88. The van der Waals surface area contributed by atoms with Crippen molar-refractivity contribution in [2.75, 3.05) is 0 Å². The minimum absolute atomic E-state index is 1.11. The number of hydrogen-bond acceptors (Lipinski definition) is 3. The number of thiophene rings is 3. The summed E-state index contributed by atoms with van der Waals surface area (Å²) in [6, 6.07) is 6.69. The van der Waals surface area contributed by atoms with Gasteiger partial charge in [0.1, 0.15) is 0 Å². The highest BCUT2D eigenvalue weighted by Gasteiger charge is 2.25. The Morgan fingerprint density at radius 2 is 1.04 bits per heavy atom. The minimum Gasteiger partial charge on any atom is -0.135 e. The van der Waals surface area contributed by atoms with Crippen LogP contribution in [0.4, 0.5) is 0 Å². The third kappa shape index (κ3) is 12.7. The van der Waals surface area contributed by atoms with Gasteiger partial charge in [0.2, 0.25) is 0 Å². The summed E-state index contributed by atoms with van der Waals surface area (Å²) in [6.45, 7) is 47.5. The highest BCUT2D eigenvalue weighted by Crippen LogP contribution is 2.49. The molecule has 0 aliphatic carbocycles. The van der Waals surface area contributed by atoms with Crippen molar-refractivity contribution >= 4 is 97.3 Å². The van der Waals surface area contributed by atoms with Crippen molar-refractivity contribution in [1.29, 1.82) is 0 Å². The molecule has 0 fully saturated rings. The van der Waals surface area contributed by atoms with Crippen LogP contribution in [0, 0.1) is 6.92 Å². The van der Waals surface area contributed by atoms with Crippen LogP contribution in [0.2, 0.25) is 0 Å². The molecule has 3 heterocycles. The molecule has 0 bridgehead atoms. The maximum Gasteiger partial charge on any atom is 0.0434 e. The zero-order valence-electron chi connectivity index (χ0n) is 38.2. The van der Waals surface area contributed by atoms with Crippen LogP contribution in [0.1, 0.15) is 169 Å². The van der Waals surface area contributed by atoms with Gasteiger partial charge in [0.05, 0.1) is 0 Å². The van der Waals surface area contributed by atoms with Gasteiger partial charge in [0, 0.05) is 56.7 Å². The lowest BCUT2D eigenvalue weighted by atomic mass is 9.93. The molecule has 3 aromatic heterocycles. The van der Waals surface area contributed by atoms with Crippen molar-refractivity contribution in [2.24, 2.45) is 0 Å². The van der Waals surface area contributed by atoms with Crippen LogP contribution in [0.3, 0.4) is 0 Å². The van der Waals surface area contributed by atoms with E-state index in [9.17, 15) is 0 Å². The molecule has 304 valence electrons. The average Bonchev–Trinajstić information content (AvgIpc) is 3.91. The Labute approximate surface area is 357 Å². The van der Waals surface area contributed by atoms with Gasteiger partial charge in [0.15, 0.2) is 0 Å². The van der Waals surface area contributed by atoms with Gasteiger partial charge in [-0.05, 0) is 88.5 Å². The molecule has 4 rings (SSSR count). The SMILES string of the molecule is C=Cc1c(/C=C\C)sc(C(=C\C=C/C)/C(=C/C)c2sc(/C(=C\C)c3cccc4c(/C=C\C)c(/C=C\C)sc34)c(C=C)c2C=C)c1C.CC.CC.CC.CC.CC. The Balaban J connectivity index is 0. The van der Waals surface area contributed by atoms with E-state index >= 15 is 0 Å². The lowest BCUT2D eigenvalue weighted by Gasteiger charge is -2.12. The van der Waals surface area contributed by atoms with E-state index in [1.807, 2.05) is 121 Å².